The Labute approximate surface area is 159 Å². The molecule has 3 aromatic rings. The zero-order valence-corrected chi connectivity index (χ0v) is 15.6. The topological polar surface area (TPSA) is 95.8 Å². The van der Waals surface area contributed by atoms with Gasteiger partial charge in [-0.25, -0.2) is 9.37 Å². The summed E-state index contributed by atoms with van der Waals surface area (Å²) in [7, 11) is 0. The maximum absolute atomic E-state index is 14.2. The Bertz CT molecular complexity index is 1010. The second-order valence-corrected chi connectivity index (χ2v) is 6.78. The molecule has 0 amide bonds. The second-order valence-electron chi connectivity index (χ2n) is 5.07. The van der Waals surface area contributed by atoms with Crippen LogP contribution in [0.15, 0.2) is 45.6 Å². The first-order valence-electron chi connectivity index (χ1n) is 6.91. The van der Waals surface area contributed by atoms with Crippen molar-refractivity contribution in [1.29, 1.82) is 5.26 Å². The Morgan fingerprint density at radius 3 is 2.40 bits per heavy atom. The van der Waals surface area contributed by atoms with Crippen LogP contribution in [0.3, 0.4) is 0 Å². The summed E-state index contributed by atoms with van der Waals surface area (Å²) in [6.07, 6.45) is 3.16. The molecule has 5 nitrogen and oxygen atoms in total. The van der Waals surface area contributed by atoms with Crippen molar-refractivity contribution in [3.8, 4) is 34.2 Å². The summed E-state index contributed by atoms with van der Waals surface area (Å²) in [4.78, 5) is 8.18. The molecule has 3 rings (SSSR count). The highest BCUT2D eigenvalue weighted by molar-refractivity contribution is 9.11. The highest BCUT2D eigenvalue weighted by Crippen LogP contribution is 2.39. The van der Waals surface area contributed by atoms with Crippen LogP contribution in [0.5, 0.6) is 5.75 Å². The Morgan fingerprint density at radius 1 is 1.12 bits per heavy atom. The van der Waals surface area contributed by atoms with E-state index in [1.54, 1.807) is 18.5 Å². The van der Waals surface area contributed by atoms with Gasteiger partial charge in [-0.2, -0.15) is 5.26 Å². The molecule has 0 radical (unpaired) electrons. The smallest absolute Gasteiger partial charge is 0.142 e. The molecule has 0 saturated carbocycles. The molecular weight excluding hydrogens is 455 g/mol. The lowest BCUT2D eigenvalue weighted by Gasteiger charge is -2.13. The number of benzene rings is 1. The number of anilines is 1. The van der Waals surface area contributed by atoms with E-state index in [0.717, 1.165) is 6.07 Å². The fourth-order valence-electron chi connectivity index (χ4n) is 2.40. The molecule has 1 aromatic carbocycles. The zero-order chi connectivity index (χ0) is 18.1. The molecular formula is C17H9Br2FN4O. The van der Waals surface area contributed by atoms with E-state index in [9.17, 15) is 14.8 Å². The highest BCUT2D eigenvalue weighted by Gasteiger charge is 2.19. The number of pyridine rings is 2. The van der Waals surface area contributed by atoms with E-state index >= 15 is 0 Å². The van der Waals surface area contributed by atoms with Gasteiger partial charge in [0.05, 0.1) is 5.69 Å². The molecule has 0 aliphatic heterocycles. The largest absolute Gasteiger partial charge is 0.508 e. The summed E-state index contributed by atoms with van der Waals surface area (Å²) >= 11 is 6.81. The predicted molar refractivity (Wildman–Crippen MR) is 99.1 cm³/mol. The Balaban J connectivity index is 2.33. The predicted octanol–water partition coefficient (Wildman–Crippen LogP) is 4.63. The molecule has 2 aromatic heterocycles. The van der Waals surface area contributed by atoms with Gasteiger partial charge in [-0.15, -0.1) is 0 Å². The number of aromatic hydroxyl groups is 1. The number of phenols is 1. The number of rotatable bonds is 2. The van der Waals surface area contributed by atoms with Crippen LogP contribution in [0.4, 0.5) is 10.2 Å². The molecule has 0 saturated heterocycles. The molecule has 0 aliphatic rings. The van der Waals surface area contributed by atoms with Crippen LogP contribution in [0.2, 0.25) is 0 Å². The van der Waals surface area contributed by atoms with Gasteiger partial charge in [-0.3, -0.25) is 4.98 Å². The number of halogens is 3. The van der Waals surface area contributed by atoms with Gasteiger partial charge in [0.25, 0.3) is 0 Å². The summed E-state index contributed by atoms with van der Waals surface area (Å²) in [6.45, 7) is 0. The maximum Gasteiger partial charge on any atom is 0.142 e. The van der Waals surface area contributed by atoms with Crippen molar-refractivity contribution in [1.82, 2.24) is 9.97 Å². The van der Waals surface area contributed by atoms with Crippen molar-refractivity contribution >= 4 is 37.7 Å². The standard InChI is InChI=1S/C17H9Br2FN4O/c18-12-6-23-7-13(19)16(12)10-4-15(24-17(22)11(10)5-21)9-2-1-8(25)3-14(9)20/h1-4,6-7,25H,(H2,22,24). The SMILES string of the molecule is N#Cc1c(-c2c(Br)cncc2Br)cc(-c2ccc(O)cc2F)nc1N. The van der Waals surface area contributed by atoms with E-state index in [1.807, 2.05) is 6.07 Å². The van der Waals surface area contributed by atoms with Gasteiger partial charge >= 0.3 is 0 Å². The minimum atomic E-state index is -0.643. The fraction of sp³-hybridized carbons (Fsp3) is 0. The highest BCUT2D eigenvalue weighted by atomic mass is 79.9. The molecule has 124 valence electrons. The molecule has 25 heavy (non-hydrogen) atoms. The van der Waals surface area contributed by atoms with E-state index in [-0.39, 0.29) is 28.4 Å². The molecule has 3 N–H and O–H groups in total. The van der Waals surface area contributed by atoms with Crippen molar-refractivity contribution in [2.75, 3.05) is 5.73 Å². The molecule has 0 bridgehead atoms. The molecule has 8 heteroatoms. The van der Waals surface area contributed by atoms with E-state index in [1.165, 1.54) is 12.1 Å². The summed E-state index contributed by atoms with van der Waals surface area (Å²) < 4.78 is 15.5. The molecule has 0 atom stereocenters. The molecule has 2 heterocycles. The van der Waals surface area contributed by atoms with Crippen molar-refractivity contribution in [3.63, 3.8) is 0 Å². The number of nitrogen functional groups attached to an aromatic ring is 1. The van der Waals surface area contributed by atoms with Crippen molar-refractivity contribution < 1.29 is 9.50 Å². The average molecular weight is 464 g/mol. The van der Waals surface area contributed by atoms with Crippen LogP contribution in [0.1, 0.15) is 5.56 Å². The summed E-state index contributed by atoms with van der Waals surface area (Å²) in [6, 6.07) is 7.36. The monoisotopic (exact) mass is 462 g/mol. The number of nitriles is 1. The van der Waals surface area contributed by atoms with Crippen molar-refractivity contribution in [2.24, 2.45) is 0 Å². The van der Waals surface area contributed by atoms with Crippen LogP contribution < -0.4 is 5.73 Å². The number of phenolic OH excluding ortho intramolecular Hbond substituents is 1. The Morgan fingerprint density at radius 2 is 1.80 bits per heavy atom. The number of hydrogen-bond donors (Lipinski definition) is 2. The van der Waals surface area contributed by atoms with E-state index in [2.05, 4.69) is 41.8 Å². The Hall–Kier alpha value is -2.50. The lowest BCUT2D eigenvalue weighted by atomic mass is 9.99. The minimum Gasteiger partial charge on any atom is -0.508 e. The van der Waals surface area contributed by atoms with Crippen LogP contribution in [-0.4, -0.2) is 15.1 Å². The third-order valence-corrected chi connectivity index (χ3v) is 4.71. The number of hydrogen-bond acceptors (Lipinski definition) is 5. The zero-order valence-electron chi connectivity index (χ0n) is 12.5. The summed E-state index contributed by atoms with van der Waals surface area (Å²) in [5, 5.41) is 18.9. The second kappa shape index (κ2) is 6.78. The Kier molecular flexibility index (Phi) is 4.70. The third-order valence-electron chi connectivity index (χ3n) is 3.51. The third kappa shape index (κ3) is 3.21. The molecule has 0 fully saturated rings. The first kappa shape index (κ1) is 17.3. The quantitative estimate of drug-likeness (QED) is 0.577. The normalized spacial score (nSPS) is 10.5. The fourth-order valence-corrected chi connectivity index (χ4v) is 3.75. The molecule has 0 spiro atoms. The van der Waals surface area contributed by atoms with Crippen molar-refractivity contribution in [3.05, 3.63) is 57.0 Å². The molecule has 0 aliphatic carbocycles. The van der Waals surface area contributed by atoms with Gasteiger partial charge < -0.3 is 10.8 Å². The summed E-state index contributed by atoms with van der Waals surface area (Å²) in [5.74, 6) is -0.851. The first-order chi connectivity index (χ1) is 11.9. The lowest BCUT2D eigenvalue weighted by Crippen LogP contribution is -2.01. The average Bonchev–Trinajstić information content (AvgIpc) is 2.54. The lowest BCUT2D eigenvalue weighted by molar-refractivity contribution is 0.469. The van der Waals surface area contributed by atoms with Crippen LogP contribution in [0, 0.1) is 17.1 Å². The summed E-state index contributed by atoms with van der Waals surface area (Å²) in [5.41, 5.74) is 7.66. The molecule has 0 unspecified atom stereocenters. The van der Waals surface area contributed by atoms with Gasteiger partial charge in [0.15, 0.2) is 0 Å². The first-order valence-corrected chi connectivity index (χ1v) is 8.50. The van der Waals surface area contributed by atoms with Crippen LogP contribution in [0.25, 0.3) is 22.4 Å². The van der Waals surface area contributed by atoms with E-state index in [4.69, 9.17) is 5.73 Å². The van der Waals surface area contributed by atoms with E-state index in [0.29, 0.717) is 20.1 Å². The van der Waals surface area contributed by atoms with Gasteiger partial charge in [0.1, 0.15) is 29.0 Å². The van der Waals surface area contributed by atoms with Gasteiger partial charge in [0, 0.05) is 44.1 Å². The van der Waals surface area contributed by atoms with Crippen LogP contribution >= 0.6 is 31.9 Å². The minimum absolute atomic E-state index is 0.0157. The van der Waals surface area contributed by atoms with E-state index < -0.39 is 5.82 Å². The number of nitrogens with zero attached hydrogens (tertiary/aromatic N) is 3. The maximum atomic E-state index is 14.2. The number of aromatic nitrogens is 2. The van der Waals surface area contributed by atoms with Gasteiger partial charge in [-0.05, 0) is 50.1 Å². The number of nitrogens with two attached hydrogens (primary N) is 1. The van der Waals surface area contributed by atoms with Gasteiger partial charge in [-0.1, -0.05) is 0 Å². The van der Waals surface area contributed by atoms with Crippen LogP contribution in [-0.2, 0) is 0 Å². The van der Waals surface area contributed by atoms with Crippen molar-refractivity contribution in [2.45, 2.75) is 0 Å². The van der Waals surface area contributed by atoms with Gasteiger partial charge in [0.2, 0.25) is 0 Å².